The van der Waals surface area contributed by atoms with Crippen LogP contribution in [-0.4, -0.2) is 0 Å². The van der Waals surface area contributed by atoms with Crippen LogP contribution < -0.4 is 5.73 Å². The summed E-state index contributed by atoms with van der Waals surface area (Å²) in [5.74, 6) is -0.235. The molecule has 0 radical (unpaired) electrons. The lowest BCUT2D eigenvalue weighted by Gasteiger charge is -2.11. The van der Waals surface area contributed by atoms with Gasteiger partial charge < -0.3 is 5.73 Å². The van der Waals surface area contributed by atoms with Crippen LogP contribution in [0.2, 0.25) is 0 Å². The number of nitrogens with two attached hydrogens (primary N) is 1. The quantitative estimate of drug-likeness (QED) is 0.875. The second-order valence-corrected chi connectivity index (χ2v) is 4.37. The molecule has 0 amide bonds. The van der Waals surface area contributed by atoms with Crippen molar-refractivity contribution in [3.63, 3.8) is 0 Å². The van der Waals surface area contributed by atoms with Gasteiger partial charge in [0.25, 0.3) is 0 Å². The summed E-state index contributed by atoms with van der Waals surface area (Å²) >= 11 is 3.25. The third-order valence-electron chi connectivity index (χ3n) is 2.18. The zero-order valence-electron chi connectivity index (χ0n) is 8.26. The average Bonchev–Trinajstić information content (AvgIpc) is 2.12. The van der Waals surface area contributed by atoms with E-state index in [1.165, 1.54) is 12.1 Å². The molecule has 0 bridgehead atoms. The Morgan fingerprint density at radius 3 is 2.71 bits per heavy atom. The third kappa shape index (κ3) is 3.39. The number of hydrogen-bond acceptors (Lipinski definition) is 1. The molecule has 0 aliphatic carbocycles. The third-order valence-corrected chi connectivity index (χ3v) is 2.64. The van der Waals surface area contributed by atoms with E-state index in [9.17, 15) is 4.39 Å². The van der Waals surface area contributed by atoms with Crippen LogP contribution in [0.3, 0.4) is 0 Å². The molecule has 0 unspecified atom stereocenters. The van der Waals surface area contributed by atoms with E-state index in [1.807, 2.05) is 6.07 Å². The van der Waals surface area contributed by atoms with Crippen molar-refractivity contribution in [3.05, 3.63) is 34.1 Å². The van der Waals surface area contributed by atoms with Crippen LogP contribution in [-0.2, 0) is 0 Å². The van der Waals surface area contributed by atoms with Gasteiger partial charge in [-0.2, -0.15) is 0 Å². The van der Waals surface area contributed by atoms with E-state index >= 15 is 0 Å². The molecule has 3 heteroatoms. The molecule has 78 valence electrons. The molecule has 14 heavy (non-hydrogen) atoms. The molecular formula is C11H15BrFN. The Kier molecular flexibility index (Phi) is 4.55. The molecule has 1 aromatic rings. The number of halogens is 2. The number of hydrogen-bond donors (Lipinski definition) is 1. The summed E-state index contributed by atoms with van der Waals surface area (Å²) in [4.78, 5) is 0. The first-order valence-electron chi connectivity index (χ1n) is 4.85. The highest BCUT2D eigenvalue weighted by atomic mass is 79.9. The minimum absolute atomic E-state index is 0.0538. The van der Waals surface area contributed by atoms with Crippen LogP contribution in [0.5, 0.6) is 0 Å². The van der Waals surface area contributed by atoms with Gasteiger partial charge in [-0.15, -0.1) is 0 Å². The van der Waals surface area contributed by atoms with Crippen molar-refractivity contribution in [2.24, 2.45) is 5.73 Å². The summed E-state index contributed by atoms with van der Waals surface area (Å²) in [6.07, 6.45) is 3.10. The lowest BCUT2D eigenvalue weighted by atomic mass is 10.0. The SMILES string of the molecule is CCCC[C@@H](N)c1cc(F)cc(Br)c1. The Bertz CT molecular complexity index is 281. The van der Waals surface area contributed by atoms with Gasteiger partial charge in [0, 0.05) is 10.5 Å². The van der Waals surface area contributed by atoms with Crippen molar-refractivity contribution in [2.75, 3.05) is 0 Å². The molecule has 1 atom stereocenters. The fourth-order valence-corrected chi connectivity index (χ4v) is 1.86. The van der Waals surface area contributed by atoms with Gasteiger partial charge in [-0.3, -0.25) is 0 Å². The summed E-state index contributed by atoms with van der Waals surface area (Å²) in [5, 5.41) is 0. The van der Waals surface area contributed by atoms with E-state index in [4.69, 9.17) is 5.73 Å². The van der Waals surface area contributed by atoms with Gasteiger partial charge in [0.15, 0.2) is 0 Å². The molecule has 1 nitrogen and oxygen atoms in total. The van der Waals surface area contributed by atoms with Crippen molar-refractivity contribution < 1.29 is 4.39 Å². The lowest BCUT2D eigenvalue weighted by molar-refractivity contribution is 0.587. The van der Waals surface area contributed by atoms with Crippen LogP contribution in [0.25, 0.3) is 0 Å². The van der Waals surface area contributed by atoms with Crippen molar-refractivity contribution in [3.8, 4) is 0 Å². The maximum Gasteiger partial charge on any atom is 0.124 e. The average molecular weight is 260 g/mol. The summed E-state index contributed by atoms with van der Waals surface area (Å²) < 4.78 is 13.8. The second kappa shape index (κ2) is 5.47. The molecule has 0 spiro atoms. The van der Waals surface area contributed by atoms with E-state index in [0.717, 1.165) is 29.3 Å². The molecule has 2 N–H and O–H groups in total. The van der Waals surface area contributed by atoms with Crippen molar-refractivity contribution in [1.82, 2.24) is 0 Å². The lowest BCUT2D eigenvalue weighted by Crippen LogP contribution is -2.10. The number of rotatable bonds is 4. The first-order valence-corrected chi connectivity index (χ1v) is 5.64. The second-order valence-electron chi connectivity index (χ2n) is 3.45. The maximum absolute atomic E-state index is 13.0. The maximum atomic E-state index is 13.0. The van der Waals surface area contributed by atoms with Crippen molar-refractivity contribution in [2.45, 2.75) is 32.2 Å². The summed E-state index contributed by atoms with van der Waals surface area (Å²) in [6, 6.07) is 4.77. The Balaban J connectivity index is 2.73. The summed E-state index contributed by atoms with van der Waals surface area (Å²) in [7, 11) is 0. The van der Waals surface area contributed by atoms with Gasteiger partial charge in [-0.1, -0.05) is 35.7 Å². The molecule has 1 aromatic carbocycles. The zero-order chi connectivity index (χ0) is 10.6. The smallest absolute Gasteiger partial charge is 0.124 e. The van der Waals surface area contributed by atoms with Gasteiger partial charge in [0.1, 0.15) is 5.82 Å². The molecule has 0 saturated carbocycles. The molecule has 0 aliphatic rings. The van der Waals surface area contributed by atoms with Crippen LogP contribution >= 0.6 is 15.9 Å². The van der Waals surface area contributed by atoms with Gasteiger partial charge in [0.05, 0.1) is 0 Å². The van der Waals surface area contributed by atoms with Gasteiger partial charge in [0.2, 0.25) is 0 Å². The largest absolute Gasteiger partial charge is 0.324 e. The minimum Gasteiger partial charge on any atom is -0.324 e. The van der Waals surface area contributed by atoms with Crippen molar-refractivity contribution >= 4 is 15.9 Å². The van der Waals surface area contributed by atoms with E-state index in [2.05, 4.69) is 22.9 Å². The molecule has 0 saturated heterocycles. The van der Waals surface area contributed by atoms with E-state index in [1.54, 1.807) is 0 Å². The monoisotopic (exact) mass is 259 g/mol. The highest BCUT2D eigenvalue weighted by molar-refractivity contribution is 9.10. The molecule has 0 heterocycles. The van der Waals surface area contributed by atoms with Crippen LogP contribution in [0.15, 0.2) is 22.7 Å². The van der Waals surface area contributed by atoms with Crippen molar-refractivity contribution in [1.29, 1.82) is 0 Å². The molecule has 0 fully saturated rings. The first-order chi connectivity index (χ1) is 6.63. The van der Waals surface area contributed by atoms with Crippen LogP contribution in [0.1, 0.15) is 37.8 Å². The summed E-state index contributed by atoms with van der Waals surface area (Å²) in [6.45, 7) is 2.12. The summed E-state index contributed by atoms with van der Waals surface area (Å²) in [5.41, 5.74) is 6.80. The molecular weight excluding hydrogens is 245 g/mol. The fourth-order valence-electron chi connectivity index (χ4n) is 1.38. The Morgan fingerprint density at radius 2 is 2.14 bits per heavy atom. The molecule has 1 rings (SSSR count). The first kappa shape index (κ1) is 11.7. The minimum atomic E-state index is -0.235. The van der Waals surface area contributed by atoms with E-state index in [0.29, 0.717) is 0 Å². The topological polar surface area (TPSA) is 26.0 Å². The molecule has 0 aliphatic heterocycles. The predicted octanol–water partition coefficient (Wildman–Crippen LogP) is 3.78. The zero-order valence-corrected chi connectivity index (χ0v) is 9.85. The highest BCUT2D eigenvalue weighted by Crippen LogP contribution is 2.22. The fraction of sp³-hybridized carbons (Fsp3) is 0.455. The number of unbranched alkanes of at least 4 members (excludes halogenated alkanes) is 1. The predicted molar refractivity (Wildman–Crippen MR) is 60.6 cm³/mol. The van der Waals surface area contributed by atoms with Gasteiger partial charge in [-0.05, 0) is 30.2 Å². The molecule has 0 aromatic heterocycles. The van der Waals surface area contributed by atoms with Crippen LogP contribution in [0.4, 0.5) is 4.39 Å². The highest BCUT2D eigenvalue weighted by Gasteiger charge is 2.07. The van der Waals surface area contributed by atoms with E-state index in [-0.39, 0.29) is 11.9 Å². The van der Waals surface area contributed by atoms with Gasteiger partial charge in [-0.25, -0.2) is 4.39 Å². The Hall–Kier alpha value is -0.410. The van der Waals surface area contributed by atoms with Gasteiger partial charge >= 0.3 is 0 Å². The number of benzene rings is 1. The Morgan fingerprint density at radius 1 is 1.43 bits per heavy atom. The standard InChI is InChI=1S/C11H15BrFN/c1-2-3-4-11(14)8-5-9(12)7-10(13)6-8/h5-7,11H,2-4,14H2,1H3/t11-/m1/s1. The normalized spacial score (nSPS) is 12.9. The van der Waals surface area contributed by atoms with E-state index < -0.39 is 0 Å². The Labute approximate surface area is 92.6 Å². The van der Waals surface area contributed by atoms with Crippen LogP contribution in [0, 0.1) is 5.82 Å².